The lowest BCUT2D eigenvalue weighted by molar-refractivity contribution is -0.154. The van der Waals surface area contributed by atoms with Gasteiger partial charge in [0.2, 0.25) is 11.8 Å². The fraction of sp³-hybridized carbons (Fsp3) is 0.375. The number of hydrogen-bond donors (Lipinski definition) is 3. The summed E-state index contributed by atoms with van der Waals surface area (Å²) in [6.45, 7) is 3.82. The monoisotopic (exact) mass is 451 g/mol. The number of aliphatic carboxylic acids is 2. The van der Waals surface area contributed by atoms with Gasteiger partial charge in [-0.05, 0) is 36.1 Å². The fourth-order valence-corrected chi connectivity index (χ4v) is 5.21. The first kappa shape index (κ1) is 22.6. The summed E-state index contributed by atoms with van der Waals surface area (Å²) >= 11 is 0. The molecule has 9 heteroatoms. The summed E-state index contributed by atoms with van der Waals surface area (Å²) in [6.07, 6.45) is 1.79. The summed E-state index contributed by atoms with van der Waals surface area (Å²) in [4.78, 5) is 57.2. The number of nitrogens with one attached hydrogen (secondary N) is 1. The van der Waals surface area contributed by atoms with Gasteiger partial charge in [-0.25, -0.2) is 4.90 Å². The minimum absolute atomic E-state index is 0.378. The third-order valence-corrected chi connectivity index (χ3v) is 6.66. The number of aromatic nitrogens is 1. The Labute approximate surface area is 190 Å². The summed E-state index contributed by atoms with van der Waals surface area (Å²) in [5.74, 6) is -6.60. The number of carboxylic acid groups (broad SMARTS) is 2. The molecule has 172 valence electrons. The van der Waals surface area contributed by atoms with Crippen LogP contribution < -0.4 is 10.2 Å². The molecule has 9 nitrogen and oxygen atoms in total. The molecule has 1 aromatic heterocycles. The molecule has 0 radical (unpaired) electrons. The Morgan fingerprint density at radius 3 is 2.21 bits per heavy atom. The SMILES string of the molecule is CCc1cccc(CC)c1N1C(=O)C2C(c3ccccn3)NC(CC(=O)O)(C(=O)O)C2C1=O. The van der Waals surface area contributed by atoms with Gasteiger partial charge in [-0.15, -0.1) is 0 Å². The number of anilines is 1. The van der Waals surface area contributed by atoms with Crippen molar-refractivity contribution in [2.24, 2.45) is 11.8 Å². The minimum Gasteiger partial charge on any atom is -0.481 e. The van der Waals surface area contributed by atoms with E-state index in [1.54, 1.807) is 18.2 Å². The summed E-state index contributed by atoms with van der Waals surface area (Å²) in [5, 5.41) is 22.5. The van der Waals surface area contributed by atoms with Gasteiger partial charge in [0.1, 0.15) is 5.54 Å². The van der Waals surface area contributed by atoms with Crippen LogP contribution in [0.15, 0.2) is 42.6 Å². The second kappa shape index (κ2) is 8.40. The van der Waals surface area contributed by atoms with Crippen molar-refractivity contribution in [3.05, 3.63) is 59.4 Å². The number of para-hydroxylation sites is 1. The normalized spacial score (nSPS) is 26.5. The maximum Gasteiger partial charge on any atom is 0.325 e. The smallest absolute Gasteiger partial charge is 0.325 e. The molecule has 4 rings (SSSR count). The van der Waals surface area contributed by atoms with Crippen LogP contribution in [-0.2, 0) is 32.0 Å². The first-order valence-corrected chi connectivity index (χ1v) is 10.9. The Hall–Kier alpha value is -3.59. The number of carboxylic acids is 2. The van der Waals surface area contributed by atoms with Crippen LogP contribution in [0.2, 0.25) is 0 Å². The maximum absolute atomic E-state index is 13.8. The van der Waals surface area contributed by atoms with Crippen LogP contribution in [0.1, 0.15) is 43.1 Å². The zero-order valence-corrected chi connectivity index (χ0v) is 18.3. The number of carbonyl (C=O) groups excluding carboxylic acids is 2. The van der Waals surface area contributed by atoms with E-state index in [2.05, 4.69) is 10.3 Å². The quantitative estimate of drug-likeness (QED) is 0.544. The molecule has 3 N–H and O–H groups in total. The van der Waals surface area contributed by atoms with Crippen molar-refractivity contribution in [3.8, 4) is 0 Å². The molecule has 33 heavy (non-hydrogen) atoms. The highest BCUT2D eigenvalue weighted by molar-refractivity contribution is 6.25. The van der Waals surface area contributed by atoms with Crippen molar-refractivity contribution >= 4 is 29.4 Å². The maximum atomic E-state index is 13.8. The van der Waals surface area contributed by atoms with Crippen LogP contribution in [0, 0.1) is 11.8 Å². The minimum atomic E-state index is -2.15. The topological polar surface area (TPSA) is 137 Å². The van der Waals surface area contributed by atoms with Crippen LogP contribution >= 0.6 is 0 Å². The summed E-state index contributed by atoms with van der Waals surface area (Å²) in [6, 6.07) is 9.60. The summed E-state index contributed by atoms with van der Waals surface area (Å²) < 4.78 is 0. The second-order valence-electron chi connectivity index (χ2n) is 8.37. The zero-order chi connectivity index (χ0) is 23.9. The molecule has 2 aliphatic rings. The molecule has 0 bridgehead atoms. The van der Waals surface area contributed by atoms with Gasteiger partial charge in [0.25, 0.3) is 0 Å². The van der Waals surface area contributed by atoms with E-state index in [4.69, 9.17) is 0 Å². The molecule has 2 amide bonds. The van der Waals surface area contributed by atoms with E-state index in [0.717, 1.165) is 16.0 Å². The van der Waals surface area contributed by atoms with E-state index in [-0.39, 0.29) is 0 Å². The van der Waals surface area contributed by atoms with Gasteiger partial charge < -0.3 is 10.2 Å². The molecule has 2 fully saturated rings. The molecule has 0 aliphatic carbocycles. The number of amides is 2. The highest BCUT2D eigenvalue weighted by Crippen LogP contribution is 2.51. The average Bonchev–Trinajstić information content (AvgIpc) is 3.27. The summed E-state index contributed by atoms with van der Waals surface area (Å²) in [7, 11) is 0. The van der Waals surface area contributed by atoms with E-state index in [0.29, 0.717) is 24.2 Å². The molecule has 1 aromatic carbocycles. The Balaban J connectivity index is 1.93. The van der Waals surface area contributed by atoms with E-state index in [9.17, 15) is 29.4 Å². The van der Waals surface area contributed by atoms with Crippen LogP contribution in [0.3, 0.4) is 0 Å². The van der Waals surface area contributed by atoms with Crippen LogP contribution in [0.4, 0.5) is 5.69 Å². The van der Waals surface area contributed by atoms with Crippen molar-refractivity contribution in [3.63, 3.8) is 0 Å². The molecule has 2 aliphatic heterocycles. The Kier molecular flexibility index (Phi) is 5.75. The predicted octanol–water partition coefficient (Wildman–Crippen LogP) is 1.95. The van der Waals surface area contributed by atoms with Gasteiger partial charge in [0.05, 0.1) is 35.7 Å². The molecule has 2 saturated heterocycles. The molecular formula is C24H25N3O6. The van der Waals surface area contributed by atoms with E-state index >= 15 is 0 Å². The number of nitrogens with zero attached hydrogens (tertiary/aromatic N) is 2. The third-order valence-electron chi connectivity index (χ3n) is 6.66. The van der Waals surface area contributed by atoms with Crippen molar-refractivity contribution in [1.82, 2.24) is 10.3 Å². The molecule has 0 spiro atoms. The molecular weight excluding hydrogens is 426 g/mol. The number of benzene rings is 1. The summed E-state index contributed by atoms with van der Waals surface area (Å²) in [5.41, 5.74) is 0.285. The predicted molar refractivity (Wildman–Crippen MR) is 117 cm³/mol. The lowest BCUT2D eigenvalue weighted by Gasteiger charge is -2.30. The second-order valence-corrected chi connectivity index (χ2v) is 8.37. The van der Waals surface area contributed by atoms with Crippen molar-refractivity contribution in [2.45, 2.75) is 44.7 Å². The lowest BCUT2D eigenvalue weighted by Crippen LogP contribution is -2.57. The highest BCUT2D eigenvalue weighted by atomic mass is 16.4. The molecule has 3 heterocycles. The molecule has 2 aromatic rings. The number of fused-ring (bicyclic) bond motifs is 1. The first-order valence-electron chi connectivity index (χ1n) is 10.9. The van der Waals surface area contributed by atoms with Crippen molar-refractivity contribution in [2.75, 3.05) is 4.90 Å². The van der Waals surface area contributed by atoms with Crippen LogP contribution in [0.5, 0.6) is 0 Å². The molecule has 0 saturated carbocycles. The number of hydrogen-bond acceptors (Lipinski definition) is 6. The fourth-order valence-electron chi connectivity index (χ4n) is 5.21. The first-order chi connectivity index (χ1) is 15.8. The van der Waals surface area contributed by atoms with Crippen molar-refractivity contribution in [1.29, 1.82) is 0 Å². The van der Waals surface area contributed by atoms with Crippen LogP contribution in [0.25, 0.3) is 0 Å². The Bertz CT molecular complexity index is 1110. The molecule has 4 atom stereocenters. The van der Waals surface area contributed by atoms with Crippen molar-refractivity contribution < 1.29 is 29.4 Å². The largest absolute Gasteiger partial charge is 0.481 e. The third kappa shape index (κ3) is 3.39. The van der Waals surface area contributed by atoms with E-state index in [1.807, 2.05) is 32.0 Å². The average molecular weight is 451 g/mol. The lowest BCUT2D eigenvalue weighted by atomic mass is 9.78. The number of aryl methyl sites for hydroxylation is 2. The number of imide groups is 1. The van der Waals surface area contributed by atoms with Gasteiger partial charge in [0, 0.05) is 6.20 Å². The van der Waals surface area contributed by atoms with Gasteiger partial charge in [-0.1, -0.05) is 38.1 Å². The Morgan fingerprint density at radius 1 is 1.03 bits per heavy atom. The Morgan fingerprint density at radius 2 is 1.70 bits per heavy atom. The zero-order valence-electron chi connectivity index (χ0n) is 18.3. The van der Waals surface area contributed by atoms with Gasteiger partial charge in [-0.3, -0.25) is 29.5 Å². The van der Waals surface area contributed by atoms with Crippen LogP contribution in [-0.4, -0.2) is 44.5 Å². The standard InChI is InChI=1S/C24H25N3O6/c1-3-13-8-7-9-14(4-2)20(13)27-21(30)17-18(22(27)31)24(23(32)33,12-16(28)29)26-19(17)15-10-5-6-11-25-15/h5-11,17-19,26H,3-4,12H2,1-2H3,(H,28,29)(H,32,33). The van der Waals surface area contributed by atoms with E-state index in [1.165, 1.54) is 6.20 Å². The highest BCUT2D eigenvalue weighted by Gasteiger charge is 2.69. The van der Waals surface area contributed by atoms with Gasteiger partial charge in [-0.2, -0.15) is 0 Å². The number of rotatable bonds is 7. The molecule has 4 unspecified atom stereocenters. The van der Waals surface area contributed by atoms with E-state index < -0.39 is 53.6 Å². The van der Waals surface area contributed by atoms with Gasteiger partial charge in [0.15, 0.2) is 0 Å². The number of carbonyl (C=O) groups is 4. The van der Waals surface area contributed by atoms with Gasteiger partial charge >= 0.3 is 11.9 Å². The number of pyridine rings is 1.